The molecule has 0 aliphatic rings. The molecule has 0 spiro atoms. The van der Waals surface area contributed by atoms with Crippen LogP contribution in [0.25, 0.3) is 10.9 Å². The van der Waals surface area contributed by atoms with Gasteiger partial charge in [0.1, 0.15) is 5.69 Å². The molecule has 0 aliphatic carbocycles. The lowest BCUT2D eigenvalue weighted by Crippen LogP contribution is -2.20. The van der Waals surface area contributed by atoms with Crippen LogP contribution in [-0.4, -0.2) is 48.1 Å². The summed E-state index contributed by atoms with van der Waals surface area (Å²) in [5, 5.41) is 0.596. The summed E-state index contributed by atoms with van der Waals surface area (Å²) in [6, 6.07) is 11.3. The molecule has 1 aromatic heterocycles. The second kappa shape index (κ2) is 10.0. The predicted octanol–water partition coefficient (Wildman–Crippen LogP) is 2.65. The highest BCUT2D eigenvalue weighted by Crippen LogP contribution is 2.26. The molecular weight excluding hydrogens is 468 g/mol. The number of aromatic amines is 1. The second-order valence-corrected chi connectivity index (χ2v) is 10.9. The second-order valence-electron chi connectivity index (χ2n) is 7.38. The molecule has 3 rings (SSSR count). The van der Waals surface area contributed by atoms with Gasteiger partial charge in [0, 0.05) is 17.3 Å². The number of aromatic nitrogens is 1. The van der Waals surface area contributed by atoms with Crippen molar-refractivity contribution in [3.05, 3.63) is 64.8 Å². The molecule has 0 atom stereocenters. The Morgan fingerprint density at radius 3 is 2.39 bits per heavy atom. The number of ether oxygens (including phenoxy) is 1. The Hall–Kier alpha value is -2.73. The Morgan fingerprint density at radius 2 is 1.76 bits per heavy atom. The summed E-state index contributed by atoms with van der Waals surface area (Å²) < 4.78 is 61.5. The minimum atomic E-state index is -3.98. The standard InChI is InChI=1S/C22H26N2O7S2/c1-4-30-22(25)21-18(11-12-31-33(28,29)17-8-5-15(2)6-9-17)19-13-16(7-10-20(19)24-21)14-32(26,27)23-3/h5-10,13,23-24H,4,11-12,14H2,1-3H3. The van der Waals surface area contributed by atoms with Gasteiger partial charge in [0.15, 0.2) is 0 Å². The number of rotatable bonds is 10. The zero-order valence-corrected chi connectivity index (χ0v) is 20.2. The fraction of sp³-hybridized carbons (Fsp3) is 0.318. The van der Waals surface area contributed by atoms with Gasteiger partial charge in [-0.15, -0.1) is 0 Å². The van der Waals surface area contributed by atoms with Crippen molar-refractivity contribution in [1.82, 2.24) is 9.71 Å². The Balaban J connectivity index is 1.91. The molecule has 2 aromatic carbocycles. The summed E-state index contributed by atoms with van der Waals surface area (Å²) in [4.78, 5) is 15.5. The van der Waals surface area contributed by atoms with Crippen LogP contribution in [0.2, 0.25) is 0 Å². The van der Waals surface area contributed by atoms with Gasteiger partial charge in [-0.3, -0.25) is 4.18 Å². The molecule has 1 heterocycles. The van der Waals surface area contributed by atoms with E-state index in [2.05, 4.69) is 9.71 Å². The number of sulfonamides is 1. The van der Waals surface area contributed by atoms with Crippen molar-refractivity contribution in [1.29, 1.82) is 0 Å². The lowest BCUT2D eigenvalue weighted by Gasteiger charge is -2.08. The molecule has 178 valence electrons. The van der Waals surface area contributed by atoms with Gasteiger partial charge in [-0.05, 0) is 56.3 Å². The van der Waals surface area contributed by atoms with Gasteiger partial charge in [0.25, 0.3) is 10.1 Å². The monoisotopic (exact) mass is 494 g/mol. The van der Waals surface area contributed by atoms with Crippen LogP contribution < -0.4 is 4.72 Å². The summed E-state index contributed by atoms with van der Waals surface area (Å²) in [7, 11) is -6.14. The molecule has 0 saturated carbocycles. The summed E-state index contributed by atoms with van der Waals surface area (Å²) in [6.45, 7) is 3.48. The van der Waals surface area contributed by atoms with E-state index in [-0.39, 0.29) is 36.0 Å². The van der Waals surface area contributed by atoms with Gasteiger partial charge in [-0.1, -0.05) is 23.8 Å². The van der Waals surface area contributed by atoms with E-state index in [0.717, 1.165) is 5.56 Å². The maximum absolute atomic E-state index is 12.5. The zero-order valence-electron chi connectivity index (χ0n) is 18.5. The number of benzene rings is 2. The molecule has 3 aromatic rings. The summed E-state index contributed by atoms with van der Waals surface area (Å²) in [5.41, 5.74) is 2.70. The fourth-order valence-electron chi connectivity index (χ4n) is 3.34. The molecule has 0 fully saturated rings. The molecule has 2 N–H and O–H groups in total. The first-order chi connectivity index (χ1) is 15.6. The van der Waals surface area contributed by atoms with Crippen molar-refractivity contribution in [3.63, 3.8) is 0 Å². The van der Waals surface area contributed by atoms with E-state index < -0.39 is 26.1 Å². The van der Waals surface area contributed by atoms with Crippen LogP contribution in [0.1, 0.15) is 34.1 Å². The van der Waals surface area contributed by atoms with Gasteiger partial charge < -0.3 is 9.72 Å². The number of fused-ring (bicyclic) bond motifs is 1. The first kappa shape index (κ1) is 24.9. The number of nitrogens with one attached hydrogen (secondary N) is 2. The molecule has 0 bridgehead atoms. The third-order valence-corrected chi connectivity index (χ3v) is 7.68. The lowest BCUT2D eigenvalue weighted by atomic mass is 10.1. The predicted molar refractivity (Wildman–Crippen MR) is 124 cm³/mol. The van der Waals surface area contributed by atoms with Crippen molar-refractivity contribution in [3.8, 4) is 0 Å². The van der Waals surface area contributed by atoms with E-state index in [1.165, 1.54) is 19.2 Å². The number of carbonyl (C=O) groups excluding carboxylic acids is 1. The minimum Gasteiger partial charge on any atom is -0.461 e. The van der Waals surface area contributed by atoms with Crippen LogP contribution in [0, 0.1) is 6.92 Å². The van der Waals surface area contributed by atoms with E-state index in [9.17, 15) is 21.6 Å². The third-order valence-electron chi connectivity index (χ3n) is 5.02. The van der Waals surface area contributed by atoms with Gasteiger partial charge in [-0.2, -0.15) is 8.42 Å². The van der Waals surface area contributed by atoms with E-state index >= 15 is 0 Å². The largest absolute Gasteiger partial charge is 0.461 e. The number of carbonyl (C=O) groups is 1. The van der Waals surface area contributed by atoms with Crippen molar-refractivity contribution >= 4 is 37.0 Å². The molecule has 11 heteroatoms. The molecule has 33 heavy (non-hydrogen) atoms. The topological polar surface area (TPSA) is 132 Å². The van der Waals surface area contributed by atoms with Crippen LogP contribution in [0.15, 0.2) is 47.4 Å². The normalized spacial score (nSPS) is 12.2. The fourth-order valence-corrected chi connectivity index (χ4v) is 5.01. The first-order valence-electron chi connectivity index (χ1n) is 10.2. The molecule has 0 saturated heterocycles. The number of hydrogen-bond acceptors (Lipinski definition) is 7. The molecular formula is C22H26N2O7S2. The van der Waals surface area contributed by atoms with Gasteiger partial charge in [-0.25, -0.2) is 17.9 Å². The Morgan fingerprint density at radius 1 is 1.06 bits per heavy atom. The molecule has 0 amide bonds. The third kappa shape index (κ3) is 5.99. The highest BCUT2D eigenvalue weighted by Gasteiger charge is 2.21. The van der Waals surface area contributed by atoms with Crippen LogP contribution in [0.4, 0.5) is 0 Å². The summed E-state index contributed by atoms with van der Waals surface area (Å²) >= 11 is 0. The van der Waals surface area contributed by atoms with Crippen LogP contribution in [-0.2, 0) is 41.2 Å². The summed E-state index contributed by atoms with van der Waals surface area (Å²) in [5.74, 6) is -0.827. The zero-order chi connectivity index (χ0) is 24.2. The van der Waals surface area contributed by atoms with Crippen LogP contribution >= 0.6 is 0 Å². The SMILES string of the molecule is CCOC(=O)c1[nH]c2ccc(CS(=O)(=O)NC)cc2c1CCOS(=O)(=O)c1ccc(C)cc1. The number of aryl methyl sites for hydroxylation is 1. The molecule has 9 nitrogen and oxygen atoms in total. The van der Waals surface area contributed by atoms with Crippen LogP contribution in [0.5, 0.6) is 0 Å². The Labute approximate surface area is 193 Å². The molecule has 0 unspecified atom stereocenters. The van der Waals surface area contributed by atoms with Crippen molar-refractivity contribution in [2.24, 2.45) is 0 Å². The maximum atomic E-state index is 12.5. The lowest BCUT2D eigenvalue weighted by molar-refractivity contribution is 0.0519. The van der Waals surface area contributed by atoms with Crippen molar-refractivity contribution < 1.29 is 30.6 Å². The first-order valence-corrected chi connectivity index (χ1v) is 13.3. The van der Waals surface area contributed by atoms with Crippen molar-refractivity contribution in [2.45, 2.75) is 30.9 Å². The van der Waals surface area contributed by atoms with E-state index in [1.807, 2.05) is 6.92 Å². The number of H-pyrrole nitrogens is 1. The number of hydrogen-bond donors (Lipinski definition) is 2. The highest BCUT2D eigenvalue weighted by atomic mass is 32.2. The average molecular weight is 495 g/mol. The van der Waals surface area contributed by atoms with Crippen molar-refractivity contribution in [2.75, 3.05) is 20.3 Å². The van der Waals surface area contributed by atoms with Gasteiger partial charge in [0.2, 0.25) is 10.0 Å². The number of esters is 1. The Kier molecular flexibility index (Phi) is 7.58. The smallest absolute Gasteiger partial charge is 0.355 e. The Bertz CT molecular complexity index is 1360. The minimum absolute atomic E-state index is 0.0391. The summed E-state index contributed by atoms with van der Waals surface area (Å²) in [6.07, 6.45) is 0.0848. The van der Waals surface area contributed by atoms with Crippen LogP contribution in [0.3, 0.4) is 0 Å². The van der Waals surface area contributed by atoms with E-state index in [1.54, 1.807) is 37.3 Å². The quantitative estimate of drug-likeness (QED) is 0.327. The van der Waals surface area contributed by atoms with Gasteiger partial charge >= 0.3 is 5.97 Å². The van der Waals surface area contributed by atoms with E-state index in [4.69, 9.17) is 8.92 Å². The maximum Gasteiger partial charge on any atom is 0.355 e. The molecule has 0 radical (unpaired) electrons. The average Bonchev–Trinajstić information content (AvgIpc) is 3.12. The van der Waals surface area contributed by atoms with E-state index in [0.29, 0.717) is 22.0 Å². The van der Waals surface area contributed by atoms with Gasteiger partial charge in [0.05, 0.1) is 23.9 Å². The highest BCUT2D eigenvalue weighted by molar-refractivity contribution is 7.88. The molecule has 0 aliphatic heterocycles.